The van der Waals surface area contributed by atoms with Crippen LogP contribution in [0.2, 0.25) is 0 Å². The van der Waals surface area contributed by atoms with E-state index in [0.717, 1.165) is 50.1 Å². The lowest BCUT2D eigenvalue weighted by atomic mass is 10.2. The van der Waals surface area contributed by atoms with Crippen molar-refractivity contribution < 1.29 is 4.74 Å². The molecule has 1 aliphatic heterocycles. The van der Waals surface area contributed by atoms with Crippen LogP contribution in [0.5, 0.6) is 0 Å². The number of thioether (sulfide) groups is 1. The molecule has 0 amide bonds. The Morgan fingerprint density at radius 2 is 2.19 bits per heavy atom. The van der Waals surface area contributed by atoms with Gasteiger partial charge in [0, 0.05) is 22.7 Å². The van der Waals surface area contributed by atoms with E-state index in [1.54, 1.807) is 11.8 Å². The highest BCUT2D eigenvalue weighted by Crippen LogP contribution is 2.26. The number of aromatic nitrogens is 3. The number of rotatable bonds is 7. The minimum atomic E-state index is 0.295. The van der Waals surface area contributed by atoms with E-state index < -0.39 is 0 Å². The van der Waals surface area contributed by atoms with Gasteiger partial charge in [-0.2, -0.15) is 0 Å². The lowest BCUT2D eigenvalue weighted by Crippen LogP contribution is -2.23. The highest BCUT2D eigenvalue weighted by molar-refractivity contribution is 7.98. The van der Waals surface area contributed by atoms with Gasteiger partial charge in [-0.15, -0.1) is 21.5 Å². The molecule has 0 aliphatic carbocycles. The number of benzene rings is 1. The molecule has 2 aromatic heterocycles. The Hall–Kier alpha value is -1.41. The Morgan fingerprint density at radius 1 is 1.31 bits per heavy atom. The summed E-state index contributed by atoms with van der Waals surface area (Å²) in [5.74, 6) is 1.02. The summed E-state index contributed by atoms with van der Waals surface area (Å²) in [6, 6.07) is 10.9. The van der Waals surface area contributed by atoms with Gasteiger partial charge in [-0.25, -0.2) is 0 Å². The minimum Gasteiger partial charge on any atom is -0.376 e. The fourth-order valence-corrected chi connectivity index (χ4v) is 5.11. The maximum Gasteiger partial charge on any atom is 0.191 e. The Morgan fingerprint density at radius 3 is 2.96 bits per heavy atom. The van der Waals surface area contributed by atoms with E-state index >= 15 is 0 Å². The minimum absolute atomic E-state index is 0.295. The van der Waals surface area contributed by atoms with Crippen LogP contribution in [0.1, 0.15) is 23.5 Å². The number of hydrogen-bond acceptors (Lipinski definition) is 6. The third kappa shape index (κ3) is 3.96. The van der Waals surface area contributed by atoms with Gasteiger partial charge in [-0.05, 0) is 43.7 Å². The van der Waals surface area contributed by atoms with Crippen molar-refractivity contribution in [3.63, 3.8) is 0 Å². The molecule has 0 bridgehead atoms. The van der Waals surface area contributed by atoms with Gasteiger partial charge in [0.25, 0.3) is 0 Å². The van der Waals surface area contributed by atoms with Crippen LogP contribution < -0.4 is 0 Å². The molecule has 26 heavy (non-hydrogen) atoms. The molecule has 7 heteroatoms. The van der Waals surface area contributed by atoms with Gasteiger partial charge in [-0.1, -0.05) is 30.0 Å². The first-order valence-corrected chi connectivity index (χ1v) is 11.0. The SMILES string of the molecule is CSc1nnc(CN(C)Cc2cc3ccccc3s2)n1CC1CCCO1. The quantitative estimate of drug-likeness (QED) is 0.572. The number of hydrogen-bond donors (Lipinski definition) is 0. The fraction of sp³-hybridized carbons (Fsp3) is 0.474. The summed E-state index contributed by atoms with van der Waals surface area (Å²) in [4.78, 5) is 3.69. The Kier molecular flexibility index (Phi) is 5.59. The second-order valence-electron chi connectivity index (χ2n) is 6.77. The van der Waals surface area contributed by atoms with Crippen molar-refractivity contribution >= 4 is 33.2 Å². The largest absolute Gasteiger partial charge is 0.376 e. The van der Waals surface area contributed by atoms with Crippen LogP contribution in [-0.2, 0) is 24.4 Å². The van der Waals surface area contributed by atoms with Gasteiger partial charge in [0.2, 0.25) is 0 Å². The lowest BCUT2D eigenvalue weighted by Gasteiger charge is -2.18. The predicted octanol–water partition coefficient (Wildman–Crippen LogP) is 4.03. The van der Waals surface area contributed by atoms with Gasteiger partial charge < -0.3 is 9.30 Å². The van der Waals surface area contributed by atoms with E-state index in [0.29, 0.717) is 6.10 Å². The summed E-state index contributed by atoms with van der Waals surface area (Å²) in [5.41, 5.74) is 0. The van der Waals surface area contributed by atoms with Crippen LogP contribution in [0, 0.1) is 0 Å². The highest BCUT2D eigenvalue weighted by atomic mass is 32.2. The Balaban J connectivity index is 1.46. The van der Waals surface area contributed by atoms with Crippen LogP contribution in [0.3, 0.4) is 0 Å². The number of ether oxygens (including phenoxy) is 1. The molecule has 3 heterocycles. The zero-order chi connectivity index (χ0) is 17.9. The number of nitrogens with zero attached hydrogens (tertiary/aromatic N) is 4. The molecule has 5 nitrogen and oxygen atoms in total. The molecular formula is C19H24N4OS2. The molecule has 0 radical (unpaired) electrons. The van der Waals surface area contributed by atoms with Crippen molar-refractivity contribution in [2.45, 2.75) is 43.7 Å². The van der Waals surface area contributed by atoms with E-state index in [1.807, 2.05) is 11.3 Å². The van der Waals surface area contributed by atoms with Crippen LogP contribution in [0.15, 0.2) is 35.5 Å². The van der Waals surface area contributed by atoms with E-state index in [-0.39, 0.29) is 0 Å². The zero-order valence-corrected chi connectivity index (χ0v) is 16.9. The molecule has 0 N–H and O–H groups in total. The number of thiophene rings is 1. The van der Waals surface area contributed by atoms with Crippen LogP contribution >= 0.6 is 23.1 Å². The average molecular weight is 389 g/mol. The van der Waals surface area contributed by atoms with E-state index in [2.05, 4.69) is 63.3 Å². The molecule has 3 aromatic rings. The highest BCUT2D eigenvalue weighted by Gasteiger charge is 2.21. The maximum atomic E-state index is 5.82. The summed E-state index contributed by atoms with van der Waals surface area (Å²) < 4.78 is 9.40. The number of fused-ring (bicyclic) bond motifs is 1. The summed E-state index contributed by atoms with van der Waals surface area (Å²) in [6.45, 7) is 3.44. The molecule has 1 unspecified atom stereocenters. The van der Waals surface area contributed by atoms with Crippen LogP contribution in [0.25, 0.3) is 10.1 Å². The van der Waals surface area contributed by atoms with E-state index in [4.69, 9.17) is 4.74 Å². The Bertz CT molecular complexity index is 836. The second-order valence-corrected chi connectivity index (χ2v) is 8.71. The lowest BCUT2D eigenvalue weighted by molar-refractivity contribution is 0.0934. The van der Waals surface area contributed by atoms with Crippen molar-refractivity contribution in [2.75, 3.05) is 19.9 Å². The van der Waals surface area contributed by atoms with Crippen molar-refractivity contribution in [1.29, 1.82) is 0 Å². The average Bonchev–Trinajstić information content (AvgIpc) is 3.35. The normalized spacial score (nSPS) is 17.6. The van der Waals surface area contributed by atoms with Gasteiger partial charge in [0.05, 0.1) is 19.2 Å². The third-order valence-electron chi connectivity index (χ3n) is 4.70. The molecule has 1 saturated heterocycles. The molecule has 0 saturated carbocycles. The van der Waals surface area contributed by atoms with Crippen LogP contribution in [0.4, 0.5) is 0 Å². The van der Waals surface area contributed by atoms with Gasteiger partial charge in [-0.3, -0.25) is 4.90 Å². The maximum absolute atomic E-state index is 5.82. The topological polar surface area (TPSA) is 43.2 Å². The fourth-order valence-electron chi connectivity index (χ4n) is 3.44. The van der Waals surface area contributed by atoms with Gasteiger partial charge >= 0.3 is 0 Å². The molecule has 1 aromatic carbocycles. The monoisotopic (exact) mass is 388 g/mol. The van der Waals surface area contributed by atoms with Crippen molar-refractivity contribution in [3.05, 3.63) is 41.0 Å². The third-order valence-corrected chi connectivity index (χ3v) is 6.47. The molecule has 1 fully saturated rings. The molecule has 1 aliphatic rings. The molecule has 138 valence electrons. The van der Waals surface area contributed by atoms with Gasteiger partial charge in [0.15, 0.2) is 5.16 Å². The summed E-state index contributed by atoms with van der Waals surface area (Å²) in [7, 11) is 2.15. The van der Waals surface area contributed by atoms with Crippen LogP contribution in [-0.4, -0.2) is 45.7 Å². The second kappa shape index (κ2) is 8.08. The first kappa shape index (κ1) is 18.0. The first-order chi connectivity index (χ1) is 12.7. The van der Waals surface area contributed by atoms with E-state index in [1.165, 1.54) is 15.0 Å². The first-order valence-electron chi connectivity index (χ1n) is 8.96. The van der Waals surface area contributed by atoms with Crippen molar-refractivity contribution in [2.24, 2.45) is 0 Å². The molecule has 0 spiro atoms. The summed E-state index contributed by atoms with van der Waals surface area (Å²) >= 11 is 3.52. The molecule has 1 atom stereocenters. The van der Waals surface area contributed by atoms with Crippen molar-refractivity contribution in [3.8, 4) is 0 Å². The molecular weight excluding hydrogens is 364 g/mol. The van der Waals surface area contributed by atoms with E-state index in [9.17, 15) is 0 Å². The predicted molar refractivity (Wildman–Crippen MR) is 108 cm³/mol. The van der Waals surface area contributed by atoms with Crippen molar-refractivity contribution in [1.82, 2.24) is 19.7 Å². The smallest absolute Gasteiger partial charge is 0.191 e. The Labute approximate surface area is 162 Å². The zero-order valence-electron chi connectivity index (χ0n) is 15.2. The standard InChI is InChI=1S/C19H24N4OS2/c1-22(12-16-10-14-6-3-4-8-17(14)26-16)13-18-20-21-19(25-2)23(18)11-15-7-5-9-24-15/h3-4,6,8,10,15H,5,7,9,11-13H2,1-2H3. The summed E-state index contributed by atoms with van der Waals surface area (Å²) in [6.07, 6.45) is 4.63. The van der Waals surface area contributed by atoms with Gasteiger partial charge in [0.1, 0.15) is 5.82 Å². The molecule has 4 rings (SSSR count). The summed E-state index contributed by atoms with van der Waals surface area (Å²) in [5, 5.41) is 11.1.